The average Bonchev–Trinajstić information content (AvgIpc) is 3.25. The molecule has 0 radical (unpaired) electrons. The number of aromatic nitrogens is 2. The Bertz CT molecular complexity index is 731. The number of hydrogen-bond acceptors (Lipinski definition) is 6. The van der Waals surface area contributed by atoms with Crippen LogP contribution in [0.15, 0.2) is 4.52 Å². The van der Waals surface area contributed by atoms with Crippen molar-refractivity contribution < 1.29 is 9.32 Å². The van der Waals surface area contributed by atoms with E-state index in [2.05, 4.69) is 25.3 Å². The highest BCUT2D eigenvalue weighted by Gasteiger charge is 2.47. The molecule has 4 fully saturated rings. The van der Waals surface area contributed by atoms with E-state index in [0.29, 0.717) is 12.4 Å². The molecule has 7 nitrogen and oxygen atoms in total. The quantitative estimate of drug-likeness (QED) is 0.797. The normalized spacial score (nSPS) is 33.2. The minimum absolute atomic E-state index is 0.137. The Balaban J connectivity index is 1.30. The number of likely N-dealkylation sites (tertiary alicyclic amines) is 1. The minimum Gasteiger partial charge on any atom is -0.352 e. The van der Waals surface area contributed by atoms with Crippen molar-refractivity contribution in [3.05, 3.63) is 11.7 Å². The summed E-state index contributed by atoms with van der Waals surface area (Å²) in [5.41, 5.74) is 0. The van der Waals surface area contributed by atoms with Crippen molar-refractivity contribution in [2.24, 2.45) is 17.8 Å². The second-order valence-electron chi connectivity index (χ2n) is 10.1. The van der Waals surface area contributed by atoms with Crippen LogP contribution in [0, 0.1) is 17.8 Å². The van der Waals surface area contributed by atoms with Gasteiger partial charge in [-0.2, -0.15) is 4.98 Å². The lowest BCUT2D eigenvalue weighted by molar-refractivity contribution is -0.0822. The largest absolute Gasteiger partial charge is 0.352 e. The fourth-order valence-corrected chi connectivity index (χ4v) is 6.94. The molecule has 3 aliphatic heterocycles. The molecule has 1 aromatic rings. The van der Waals surface area contributed by atoms with Gasteiger partial charge in [0, 0.05) is 32.2 Å². The summed E-state index contributed by atoms with van der Waals surface area (Å²) < 4.78 is 5.39. The molecule has 1 N–H and O–H groups in total. The van der Waals surface area contributed by atoms with Crippen LogP contribution in [-0.2, 0) is 6.54 Å². The Morgan fingerprint density at radius 2 is 1.90 bits per heavy atom. The molecular weight excluding hydrogens is 378 g/mol. The zero-order valence-corrected chi connectivity index (χ0v) is 18.4. The Morgan fingerprint density at radius 3 is 2.73 bits per heavy atom. The molecule has 0 spiro atoms. The number of rotatable bonds is 5. The topological polar surface area (TPSA) is 74.5 Å². The van der Waals surface area contributed by atoms with Gasteiger partial charge >= 0.3 is 0 Å². The van der Waals surface area contributed by atoms with Crippen molar-refractivity contribution in [2.75, 3.05) is 26.7 Å². The predicted octanol–water partition coefficient (Wildman–Crippen LogP) is 3.07. The van der Waals surface area contributed by atoms with Gasteiger partial charge in [-0.05, 0) is 50.0 Å². The third-order valence-electron chi connectivity index (χ3n) is 8.25. The number of hydrogen-bond donors (Lipinski definition) is 1. The van der Waals surface area contributed by atoms with Crippen LogP contribution in [0.3, 0.4) is 0 Å². The van der Waals surface area contributed by atoms with E-state index in [1.807, 2.05) is 0 Å². The molecule has 1 saturated carbocycles. The molecule has 1 aliphatic carbocycles. The van der Waals surface area contributed by atoms with Gasteiger partial charge in [0.1, 0.15) is 0 Å². The Kier molecular flexibility index (Phi) is 6.10. The maximum Gasteiger partial charge on any atom is 0.292 e. The summed E-state index contributed by atoms with van der Waals surface area (Å²) in [7, 11) is 1.59. The zero-order valence-electron chi connectivity index (χ0n) is 18.4. The highest BCUT2D eigenvalue weighted by Crippen LogP contribution is 2.44. The first-order valence-corrected chi connectivity index (χ1v) is 12.2. The van der Waals surface area contributed by atoms with Gasteiger partial charge in [-0.25, -0.2) is 0 Å². The van der Waals surface area contributed by atoms with Crippen molar-refractivity contribution in [1.82, 2.24) is 25.3 Å². The van der Waals surface area contributed by atoms with Crippen LogP contribution in [0.2, 0.25) is 0 Å². The van der Waals surface area contributed by atoms with Gasteiger partial charge in [0.15, 0.2) is 0 Å². The average molecular weight is 416 g/mol. The highest BCUT2D eigenvalue weighted by atomic mass is 16.5. The third kappa shape index (κ3) is 4.15. The van der Waals surface area contributed by atoms with Crippen LogP contribution in [0.5, 0.6) is 0 Å². The number of carbonyl (C=O) groups excluding carboxylic acids is 1. The number of fused-ring (bicyclic) bond motifs is 4. The maximum atomic E-state index is 11.8. The zero-order chi connectivity index (χ0) is 20.5. The Hall–Kier alpha value is -1.47. The smallest absolute Gasteiger partial charge is 0.292 e. The van der Waals surface area contributed by atoms with Gasteiger partial charge < -0.3 is 9.84 Å². The predicted molar refractivity (Wildman–Crippen MR) is 114 cm³/mol. The SMILES string of the molecule is CNC(=O)c1noc(CN2C[C@H]3C[C@@H](C2)[C@H](CC2CCCCC2)N2CCCC[C@@H]32)n1. The van der Waals surface area contributed by atoms with Crippen molar-refractivity contribution in [2.45, 2.75) is 82.8 Å². The molecule has 166 valence electrons. The molecule has 2 bridgehead atoms. The number of carbonyl (C=O) groups is 1. The van der Waals surface area contributed by atoms with Crippen molar-refractivity contribution in [1.29, 1.82) is 0 Å². The van der Waals surface area contributed by atoms with E-state index in [0.717, 1.165) is 42.9 Å². The first-order valence-electron chi connectivity index (χ1n) is 12.2. The van der Waals surface area contributed by atoms with Crippen molar-refractivity contribution >= 4 is 5.91 Å². The summed E-state index contributed by atoms with van der Waals surface area (Å²) in [6.07, 6.45) is 14.1. The molecule has 0 unspecified atom stereocenters. The summed E-state index contributed by atoms with van der Waals surface area (Å²) in [5.74, 6) is 2.86. The van der Waals surface area contributed by atoms with E-state index in [4.69, 9.17) is 4.52 Å². The number of nitrogens with zero attached hydrogens (tertiary/aromatic N) is 4. The van der Waals surface area contributed by atoms with Gasteiger partial charge in [-0.3, -0.25) is 14.6 Å². The molecule has 1 amide bonds. The second kappa shape index (κ2) is 8.95. The fraction of sp³-hybridized carbons (Fsp3) is 0.870. The van der Waals surface area contributed by atoms with E-state index in [1.54, 1.807) is 7.05 Å². The van der Waals surface area contributed by atoms with Crippen LogP contribution in [0.25, 0.3) is 0 Å². The van der Waals surface area contributed by atoms with Crippen molar-refractivity contribution in [3.63, 3.8) is 0 Å². The molecular formula is C23H37N5O2. The lowest BCUT2D eigenvalue weighted by Crippen LogP contribution is -2.63. The van der Waals surface area contributed by atoms with Gasteiger partial charge in [0.25, 0.3) is 11.7 Å². The number of amides is 1. The third-order valence-corrected chi connectivity index (χ3v) is 8.25. The lowest BCUT2D eigenvalue weighted by Gasteiger charge is -2.57. The molecule has 3 saturated heterocycles. The lowest BCUT2D eigenvalue weighted by atomic mass is 9.69. The molecule has 30 heavy (non-hydrogen) atoms. The van der Waals surface area contributed by atoms with E-state index in [9.17, 15) is 4.79 Å². The van der Waals surface area contributed by atoms with Gasteiger partial charge in [-0.1, -0.05) is 43.7 Å². The van der Waals surface area contributed by atoms with Crippen molar-refractivity contribution in [3.8, 4) is 0 Å². The second-order valence-corrected chi connectivity index (χ2v) is 10.1. The van der Waals surface area contributed by atoms with E-state index in [-0.39, 0.29) is 11.7 Å². The Morgan fingerprint density at radius 1 is 1.10 bits per heavy atom. The highest BCUT2D eigenvalue weighted by molar-refractivity contribution is 5.89. The van der Waals surface area contributed by atoms with Gasteiger partial charge in [0.2, 0.25) is 5.89 Å². The van der Waals surface area contributed by atoms with Crippen LogP contribution in [-0.4, -0.2) is 64.6 Å². The molecule has 0 aromatic carbocycles. The fourth-order valence-electron chi connectivity index (χ4n) is 6.94. The molecule has 7 heteroatoms. The first kappa shape index (κ1) is 20.4. The molecule has 4 heterocycles. The minimum atomic E-state index is -0.286. The van der Waals surface area contributed by atoms with Crippen LogP contribution >= 0.6 is 0 Å². The van der Waals surface area contributed by atoms with Crippen LogP contribution in [0.4, 0.5) is 0 Å². The molecule has 5 rings (SSSR count). The summed E-state index contributed by atoms with van der Waals surface area (Å²) >= 11 is 0. The number of nitrogens with one attached hydrogen (secondary N) is 1. The standard InChI is InChI=1S/C23H37N5O2/c1-24-23(29)22-25-21(30-26-22)15-27-13-17-12-18(14-27)20(11-16-7-3-2-4-8-16)28-10-6-5-9-19(17)28/h16-20H,2-15H2,1H3,(H,24,29)/t17-,18+,19+,20+/m1/s1. The van der Waals surface area contributed by atoms with Gasteiger partial charge in [-0.15, -0.1) is 0 Å². The van der Waals surface area contributed by atoms with Crippen LogP contribution < -0.4 is 5.32 Å². The van der Waals surface area contributed by atoms with E-state index < -0.39 is 0 Å². The first-order chi connectivity index (χ1) is 14.7. The Labute approximate surface area is 179 Å². The van der Waals surface area contributed by atoms with Gasteiger partial charge in [0.05, 0.1) is 6.54 Å². The maximum absolute atomic E-state index is 11.8. The molecule has 1 aromatic heterocycles. The van der Waals surface area contributed by atoms with E-state index in [1.165, 1.54) is 70.8 Å². The summed E-state index contributed by atoms with van der Waals surface area (Å²) in [6, 6.07) is 1.51. The monoisotopic (exact) mass is 415 g/mol. The molecule has 4 aliphatic rings. The summed E-state index contributed by atoms with van der Waals surface area (Å²) in [5, 5.41) is 6.41. The summed E-state index contributed by atoms with van der Waals surface area (Å²) in [6.45, 7) is 4.22. The number of piperidine rings is 3. The molecule has 4 atom stereocenters. The summed E-state index contributed by atoms with van der Waals surface area (Å²) in [4.78, 5) is 21.6. The van der Waals surface area contributed by atoms with E-state index >= 15 is 0 Å². The van der Waals surface area contributed by atoms with Crippen LogP contribution in [0.1, 0.15) is 80.7 Å².